The average Bonchev–Trinajstić information content (AvgIpc) is 3.24. The quantitative estimate of drug-likeness (QED) is 0.789. The van der Waals surface area contributed by atoms with E-state index in [0.29, 0.717) is 29.6 Å². The molecule has 0 aliphatic carbocycles. The number of aromatic amines is 1. The van der Waals surface area contributed by atoms with E-state index >= 15 is 0 Å². The summed E-state index contributed by atoms with van der Waals surface area (Å²) in [6, 6.07) is 7.16. The summed E-state index contributed by atoms with van der Waals surface area (Å²) in [5.41, 5.74) is 1.13. The van der Waals surface area contributed by atoms with E-state index in [1.54, 1.807) is 18.2 Å². The molecule has 1 fully saturated rings. The van der Waals surface area contributed by atoms with Crippen LogP contribution < -0.4 is 5.56 Å². The zero-order valence-electron chi connectivity index (χ0n) is 14.0. The van der Waals surface area contributed by atoms with Crippen LogP contribution in [0.4, 0.5) is 0 Å². The van der Waals surface area contributed by atoms with E-state index in [-0.39, 0.29) is 17.5 Å². The molecule has 7 heteroatoms. The van der Waals surface area contributed by atoms with Gasteiger partial charge >= 0.3 is 0 Å². The van der Waals surface area contributed by atoms with E-state index in [1.165, 1.54) is 0 Å². The number of aromatic nitrogens is 4. The number of nitrogens with one attached hydrogen (secondary N) is 1. The predicted molar refractivity (Wildman–Crippen MR) is 93.4 cm³/mol. The number of carbonyl (C=O) groups excluding carboxylic acids is 1. The van der Waals surface area contributed by atoms with E-state index in [1.807, 2.05) is 35.0 Å². The molecule has 1 aromatic carbocycles. The van der Waals surface area contributed by atoms with Crippen molar-refractivity contribution in [3.05, 3.63) is 58.3 Å². The summed E-state index contributed by atoms with van der Waals surface area (Å²) in [6.45, 7) is 3.36. The van der Waals surface area contributed by atoms with Gasteiger partial charge in [-0.1, -0.05) is 18.2 Å². The van der Waals surface area contributed by atoms with Gasteiger partial charge in [-0.3, -0.25) is 14.3 Å². The predicted octanol–water partition coefficient (Wildman–Crippen LogP) is 1.73. The topological polar surface area (TPSA) is 83.9 Å². The summed E-state index contributed by atoms with van der Waals surface area (Å²) in [4.78, 5) is 26.9. The lowest BCUT2D eigenvalue weighted by Gasteiger charge is -2.24. The Balaban J connectivity index is 1.66. The second kappa shape index (κ2) is 6.16. The minimum absolute atomic E-state index is 0.0827. The monoisotopic (exact) mass is 337 g/mol. The molecule has 0 spiro atoms. The fraction of sp³-hybridized carbons (Fsp3) is 0.333. The van der Waals surface area contributed by atoms with Crippen molar-refractivity contribution in [2.24, 2.45) is 0 Å². The van der Waals surface area contributed by atoms with Crippen LogP contribution in [0.3, 0.4) is 0 Å². The summed E-state index contributed by atoms with van der Waals surface area (Å²) in [5, 5.41) is 11.9. The SMILES string of the molecule is Cc1cnn(C[C@@H]2CCCN2C(=O)c2n[nH]c(=O)c3ccccc23)c1. The van der Waals surface area contributed by atoms with Crippen molar-refractivity contribution in [2.45, 2.75) is 32.4 Å². The van der Waals surface area contributed by atoms with Crippen LogP contribution in [0.25, 0.3) is 10.8 Å². The number of amides is 1. The molecule has 0 unspecified atom stereocenters. The fourth-order valence-corrected chi connectivity index (χ4v) is 3.49. The summed E-state index contributed by atoms with van der Waals surface area (Å²) >= 11 is 0. The van der Waals surface area contributed by atoms with Gasteiger partial charge in [0.05, 0.1) is 24.2 Å². The van der Waals surface area contributed by atoms with Crippen molar-refractivity contribution >= 4 is 16.7 Å². The number of rotatable bonds is 3. The third kappa shape index (κ3) is 2.82. The van der Waals surface area contributed by atoms with E-state index in [0.717, 1.165) is 18.4 Å². The van der Waals surface area contributed by atoms with Crippen molar-refractivity contribution in [3.8, 4) is 0 Å². The van der Waals surface area contributed by atoms with Gasteiger partial charge in [0.1, 0.15) is 0 Å². The minimum atomic E-state index is -0.280. The smallest absolute Gasteiger partial charge is 0.275 e. The number of fused-ring (bicyclic) bond motifs is 1. The van der Waals surface area contributed by atoms with Crippen molar-refractivity contribution in [1.29, 1.82) is 0 Å². The fourth-order valence-electron chi connectivity index (χ4n) is 3.49. The number of nitrogens with zero attached hydrogens (tertiary/aromatic N) is 4. The highest BCUT2D eigenvalue weighted by molar-refractivity contribution is 6.04. The number of aryl methyl sites for hydroxylation is 1. The summed E-state index contributed by atoms with van der Waals surface area (Å²) in [7, 11) is 0. The number of H-pyrrole nitrogens is 1. The van der Waals surface area contributed by atoms with Crippen LogP contribution in [0.5, 0.6) is 0 Å². The Bertz CT molecular complexity index is 990. The third-order valence-electron chi connectivity index (χ3n) is 4.70. The zero-order valence-corrected chi connectivity index (χ0v) is 14.0. The zero-order chi connectivity index (χ0) is 17.4. The van der Waals surface area contributed by atoms with Gasteiger partial charge in [0.25, 0.3) is 11.5 Å². The molecular weight excluding hydrogens is 318 g/mol. The molecule has 7 nitrogen and oxygen atoms in total. The van der Waals surface area contributed by atoms with Crippen LogP contribution in [0.1, 0.15) is 28.9 Å². The Morgan fingerprint density at radius 3 is 2.88 bits per heavy atom. The number of benzene rings is 1. The Labute approximate surface area is 144 Å². The maximum Gasteiger partial charge on any atom is 0.275 e. The first-order chi connectivity index (χ1) is 12.1. The van der Waals surface area contributed by atoms with Crippen LogP contribution in [-0.4, -0.2) is 43.4 Å². The van der Waals surface area contributed by atoms with Gasteiger partial charge in [-0.05, 0) is 31.4 Å². The molecule has 25 heavy (non-hydrogen) atoms. The largest absolute Gasteiger partial charge is 0.332 e. The summed E-state index contributed by atoms with van der Waals surface area (Å²) in [5.74, 6) is -0.140. The third-order valence-corrected chi connectivity index (χ3v) is 4.70. The molecule has 1 saturated heterocycles. The van der Waals surface area contributed by atoms with E-state index < -0.39 is 0 Å². The van der Waals surface area contributed by atoms with Crippen molar-refractivity contribution in [1.82, 2.24) is 24.9 Å². The van der Waals surface area contributed by atoms with Gasteiger partial charge in [0.2, 0.25) is 0 Å². The summed E-state index contributed by atoms with van der Waals surface area (Å²) < 4.78 is 1.88. The molecule has 0 saturated carbocycles. The molecule has 1 amide bonds. The van der Waals surface area contributed by atoms with Crippen LogP contribution >= 0.6 is 0 Å². The molecule has 1 atom stereocenters. The normalized spacial score (nSPS) is 17.3. The van der Waals surface area contributed by atoms with E-state index in [2.05, 4.69) is 15.3 Å². The van der Waals surface area contributed by atoms with Crippen molar-refractivity contribution in [2.75, 3.05) is 6.54 Å². The molecule has 3 aromatic rings. The van der Waals surface area contributed by atoms with Gasteiger partial charge < -0.3 is 4.90 Å². The van der Waals surface area contributed by atoms with E-state index in [9.17, 15) is 9.59 Å². The molecule has 128 valence electrons. The molecule has 2 aromatic heterocycles. The lowest BCUT2D eigenvalue weighted by molar-refractivity contribution is 0.0716. The van der Waals surface area contributed by atoms with Gasteiger partial charge in [0.15, 0.2) is 5.69 Å². The van der Waals surface area contributed by atoms with Crippen LogP contribution in [0, 0.1) is 6.92 Å². The lowest BCUT2D eigenvalue weighted by atomic mass is 10.1. The van der Waals surface area contributed by atoms with Crippen LogP contribution in [0.15, 0.2) is 41.5 Å². The molecule has 1 N–H and O–H groups in total. The molecular formula is C18H19N5O2. The number of hydrogen-bond donors (Lipinski definition) is 1. The highest BCUT2D eigenvalue weighted by Crippen LogP contribution is 2.23. The first-order valence-corrected chi connectivity index (χ1v) is 8.41. The number of likely N-dealkylation sites (tertiary alicyclic amines) is 1. The summed E-state index contributed by atoms with van der Waals surface area (Å²) in [6.07, 6.45) is 5.69. The maximum atomic E-state index is 13.1. The second-order valence-electron chi connectivity index (χ2n) is 6.48. The molecule has 4 rings (SSSR count). The van der Waals surface area contributed by atoms with Gasteiger partial charge in [-0.25, -0.2) is 5.10 Å². The van der Waals surface area contributed by atoms with Crippen LogP contribution in [0.2, 0.25) is 0 Å². The van der Waals surface area contributed by atoms with Gasteiger partial charge in [0, 0.05) is 18.1 Å². The molecule has 3 heterocycles. The van der Waals surface area contributed by atoms with Gasteiger partial charge in [-0.15, -0.1) is 0 Å². The Morgan fingerprint density at radius 2 is 2.12 bits per heavy atom. The standard InChI is InChI=1S/C18H19N5O2/c1-12-9-19-22(10-12)11-13-5-4-8-23(13)18(25)16-14-6-2-3-7-15(14)17(24)21-20-16/h2-3,6-7,9-10,13H,4-5,8,11H2,1H3,(H,21,24)/t13-/m0/s1. The molecule has 1 aliphatic heterocycles. The Kier molecular flexibility index (Phi) is 3.83. The Hall–Kier alpha value is -2.96. The number of hydrogen-bond acceptors (Lipinski definition) is 4. The van der Waals surface area contributed by atoms with Crippen LogP contribution in [-0.2, 0) is 6.54 Å². The van der Waals surface area contributed by atoms with Gasteiger partial charge in [-0.2, -0.15) is 10.2 Å². The lowest BCUT2D eigenvalue weighted by Crippen LogP contribution is -2.39. The van der Waals surface area contributed by atoms with Crippen molar-refractivity contribution in [3.63, 3.8) is 0 Å². The van der Waals surface area contributed by atoms with E-state index in [4.69, 9.17) is 0 Å². The maximum absolute atomic E-state index is 13.1. The molecule has 1 aliphatic rings. The Morgan fingerprint density at radius 1 is 1.32 bits per heavy atom. The number of carbonyl (C=O) groups is 1. The minimum Gasteiger partial charge on any atom is -0.332 e. The highest BCUT2D eigenvalue weighted by Gasteiger charge is 2.31. The first-order valence-electron chi connectivity index (χ1n) is 8.41. The highest BCUT2D eigenvalue weighted by atomic mass is 16.2. The first kappa shape index (κ1) is 15.6. The molecule has 0 radical (unpaired) electrons. The molecule has 0 bridgehead atoms. The van der Waals surface area contributed by atoms with Crippen molar-refractivity contribution < 1.29 is 4.79 Å². The average molecular weight is 337 g/mol. The second-order valence-corrected chi connectivity index (χ2v) is 6.48.